The number of amides is 1. The lowest BCUT2D eigenvalue weighted by molar-refractivity contribution is 0.102. The van der Waals surface area contributed by atoms with Gasteiger partial charge in [-0.25, -0.2) is 4.98 Å². The molecule has 8 heteroatoms. The zero-order valence-corrected chi connectivity index (χ0v) is 18.2. The van der Waals surface area contributed by atoms with Gasteiger partial charge in [-0.3, -0.25) is 9.78 Å². The Morgan fingerprint density at radius 2 is 2.28 bits per heavy atom. The number of aromatic nitrogens is 3. The predicted molar refractivity (Wildman–Crippen MR) is 119 cm³/mol. The number of nitrogens with zero attached hydrogens (tertiary/aromatic N) is 3. The van der Waals surface area contributed by atoms with E-state index in [-0.39, 0.29) is 5.91 Å². The summed E-state index contributed by atoms with van der Waals surface area (Å²) in [5.41, 5.74) is 3.08. The molecule has 4 heterocycles. The SMILES string of the molecule is CC(C)NC[C@@H]1CCN(c2c(Br)cnc3[nH]cc(NC(=O)c4cccnc4)c23)C1. The molecule has 1 saturated heterocycles. The van der Waals surface area contributed by atoms with Gasteiger partial charge in [-0.15, -0.1) is 0 Å². The van der Waals surface area contributed by atoms with Crippen molar-refractivity contribution in [3.8, 4) is 0 Å². The molecule has 7 nitrogen and oxygen atoms in total. The molecular weight excluding hydrogens is 432 g/mol. The van der Waals surface area contributed by atoms with Gasteiger partial charge in [-0.2, -0.15) is 0 Å². The molecule has 0 radical (unpaired) electrons. The summed E-state index contributed by atoms with van der Waals surface area (Å²) in [6.07, 6.45) is 7.97. The lowest BCUT2D eigenvalue weighted by Gasteiger charge is -2.22. The maximum Gasteiger partial charge on any atom is 0.257 e. The molecular formula is C21H25BrN6O. The van der Waals surface area contributed by atoms with E-state index in [9.17, 15) is 4.79 Å². The average molecular weight is 457 g/mol. The van der Waals surface area contributed by atoms with Gasteiger partial charge in [0.05, 0.1) is 26.8 Å². The fourth-order valence-corrected chi connectivity index (χ4v) is 4.31. The van der Waals surface area contributed by atoms with Gasteiger partial charge in [0, 0.05) is 43.9 Å². The molecule has 0 bridgehead atoms. The van der Waals surface area contributed by atoms with Crippen molar-refractivity contribution in [2.24, 2.45) is 5.92 Å². The Balaban J connectivity index is 1.62. The largest absolute Gasteiger partial charge is 0.370 e. The van der Waals surface area contributed by atoms with Crippen LogP contribution in [0.5, 0.6) is 0 Å². The Bertz CT molecular complexity index is 1000. The quantitative estimate of drug-likeness (QED) is 0.525. The van der Waals surface area contributed by atoms with Crippen LogP contribution in [0.25, 0.3) is 11.0 Å². The third-order valence-corrected chi connectivity index (χ3v) is 5.80. The third-order valence-electron chi connectivity index (χ3n) is 5.22. The minimum absolute atomic E-state index is 0.189. The first-order chi connectivity index (χ1) is 14.0. The molecule has 1 amide bonds. The van der Waals surface area contributed by atoms with E-state index in [0.29, 0.717) is 17.5 Å². The molecule has 1 fully saturated rings. The van der Waals surface area contributed by atoms with E-state index in [0.717, 1.165) is 52.9 Å². The van der Waals surface area contributed by atoms with Crippen LogP contribution in [0.2, 0.25) is 0 Å². The molecule has 29 heavy (non-hydrogen) atoms. The van der Waals surface area contributed by atoms with Gasteiger partial charge in [0.1, 0.15) is 5.65 Å². The zero-order chi connectivity index (χ0) is 20.4. The second-order valence-corrected chi connectivity index (χ2v) is 8.59. The lowest BCUT2D eigenvalue weighted by Crippen LogP contribution is -2.30. The average Bonchev–Trinajstić information content (AvgIpc) is 3.34. The molecule has 1 aliphatic heterocycles. The highest BCUT2D eigenvalue weighted by Crippen LogP contribution is 2.40. The lowest BCUT2D eigenvalue weighted by atomic mass is 10.1. The Labute approximate surface area is 178 Å². The second kappa shape index (κ2) is 8.51. The van der Waals surface area contributed by atoms with Crippen LogP contribution in [0, 0.1) is 5.92 Å². The van der Waals surface area contributed by atoms with Gasteiger partial charge >= 0.3 is 0 Å². The number of carbonyl (C=O) groups is 1. The summed E-state index contributed by atoms with van der Waals surface area (Å²) < 4.78 is 0.930. The minimum atomic E-state index is -0.189. The number of anilines is 2. The molecule has 152 valence electrons. The van der Waals surface area contributed by atoms with Crippen LogP contribution in [-0.4, -0.2) is 46.5 Å². The highest BCUT2D eigenvalue weighted by atomic mass is 79.9. The summed E-state index contributed by atoms with van der Waals surface area (Å²) in [6, 6.07) is 3.99. The molecule has 3 N–H and O–H groups in total. The molecule has 1 aliphatic rings. The molecule has 0 aromatic carbocycles. The Morgan fingerprint density at radius 1 is 1.41 bits per heavy atom. The Kier molecular flexibility index (Phi) is 5.82. The summed E-state index contributed by atoms with van der Waals surface area (Å²) in [6.45, 7) is 7.30. The highest BCUT2D eigenvalue weighted by Gasteiger charge is 2.27. The van der Waals surface area contributed by atoms with Crippen LogP contribution in [-0.2, 0) is 0 Å². The molecule has 3 aromatic heterocycles. The summed E-state index contributed by atoms with van der Waals surface area (Å²) in [5, 5.41) is 7.48. The highest BCUT2D eigenvalue weighted by molar-refractivity contribution is 9.10. The van der Waals surface area contributed by atoms with Gasteiger partial charge in [0.15, 0.2) is 0 Å². The maximum absolute atomic E-state index is 12.7. The molecule has 0 aliphatic carbocycles. The fourth-order valence-electron chi connectivity index (χ4n) is 3.76. The van der Waals surface area contributed by atoms with Crippen molar-refractivity contribution in [1.29, 1.82) is 0 Å². The number of nitrogens with one attached hydrogen (secondary N) is 3. The number of pyridine rings is 2. The third kappa shape index (κ3) is 4.28. The zero-order valence-electron chi connectivity index (χ0n) is 16.6. The van der Waals surface area contributed by atoms with Crippen molar-refractivity contribution in [1.82, 2.24) is 20.3 Å². The molecule has 4 rings (SSSR count). The summed E-state index contributed by atoms with van der Waals surface area (Å²) in [7, 11) is 0. The summed E-state index contributed by atoms with van der Waals surface area (Å²) in [4.78, 5) is 26.7. The standard InChI is InChI=1S/C21H25BrN6O/c1-13(2)24-8-14-5-7-28(12-14)19-16(22)10-25-20-18(19)17(11-26-20)27-21(29)15-4-3-6-23-9-15/h3-4,6,9-11,13-14,24H,5,7-8,12H2,1-2H3,(H,25,26)(H,27,29)/t14-/m0/s1. The van der Waals surface area contributed by atoms with Crippen molar-refractivity contribution in [2.75, 3.05) is 29.9 Å². The number of rotatable bonds is 6. The number of hydrogen-bond acceptors (Lipinski definition) is 5. The van der Waals surface area contributed by atoms with E-state index >= 15 is 0 Å². The summed E-state index contributed by atoms with van der Waals surface area (Å²) >= 11 is 3.68. The van der Waals surface area contributed by atoms with E-state index in [1.165, 1.54) is 0 Å². The van der Waals surface area contributed by atoms with Crippen LogP contribution in [0.3, 0.4) is 0 Å². The number of hydrogen-bond donors (Lipinski definition) is 3. The van der Waals surface area contributed by atoms with E-state index in [1.54, 1.807) is 30.7 Å². The van der Waals surface area contributed by atoms with Gasteiger partial charge in [-0.05, 0) is 46.9 Å². The Hall–Kier alpha value is -2.45. The predicted octanol–water partition coefficient (Wildman–Crippen LogP) is 3.80. The van der Waals surface area contributed by atoms with E-state index in [2.05, 4.69) is 60.3 Å². The van der Waals surface area contributed by atoms with E-state index in [4.69, 9.17) is 0 Å². The van der Waals surface area contributed by atoms with Crippen molar-refractivity contribution >= 4 is 44.2 Å². The number of H-pyrrole nitrogens is 1. The van der Waals surface area contributed by atoms with Crippen LogP contribution in [0.15, 0.2) is 41.4 Å². The molecule has 0 saturated carbocycles. The van der Waals surface area contributed by atoms with Crippen LogP contribution >= 0.6 is 15.9 Å². The van der Waals surface area contributed by atoms with Crippen LogP contribution < -0.4 is 15.5 Å². The smallest absolute Gasteiger partial charge is 0.257 e. The first kappa shape index (κ1) is 19.8. The summed E-state index contributed by atoms with van der Waals surface area (Å²) in [5.74, 6) is 0.408. The topological polar surface area (TPSA) is 85.9 Å². The fraction of sp³-hybridized carbons (Fsp3) is 0.381. The normalized spacial score (nSPS) is 16.7. The maximum atomic E-state index is 12.7. The molecule has 3 aromatic rings. The number of carbonyl (C=O) groups excluding carboxylic acids is 1. The van der Waals surface area contributed by atoms with E-state index in [1.807, 2.05) is 6.20 Å². The van der Waals surface area contributed by atoms with Gasteiger partial charge in [0.2, 0.25) is 0 Å². The second-order valence-electron chi connectivity index (χ2n) is 7.74. The molecule has 0 unspecified atom stereocenters. The van der Waals surface area contributed by atoms with Crippen LogP contribution in [0.1, 0.15) is 30.6 Å². The monoisotopic (exact) mass is 456 g/mol. The molecule has 0 spiro atoms. The minimum Gasteiger partial charge on any atom is -0.370 e. The van der Waals surface area contributed by atoms with Crippen LogP contribution in [0.4, 0.5) is 11.4 Å². The first-order valence-corrected chi connectivity index (χ1v) is 10.7. The molecule has 1 atom stereocenters. The van der Waals surface area contributed by atoms with Crippen molar-refractivity contribution in [3.05, 3.63) is 47.0 Å². The van der Waals surface area contributed by atoms with Crippen molar-refractivity contribution in [3.63, 3.8) is 0 Å². The van der Waals surface area contributed by atoms with E-state index < -0.39 is 0 Å². The number of aromatic amines is 1. The number of fused-ring (bicyclic) bond motifs is 1. The van der Waals surface area contributed by atoms with Crippen molar-refractivity contribution < 1.29 is 4.79 Å². The number of halogens is 1. The van der Waals surface area contributed by atoms with Crippen molar-refractivity contribution in [2.45, 2.75) is 26.3 Å². The van der Waals surface area contributed by atoms with Gasteiger partial charge < -0.3 is 20.5 Å². The van der Waals surface area contributed by atoms with Gasteiger partial charge in [-0.1, -0.05) is 13.8 Å². The Morgan fingerprint density at radius 3 is 3.03 bits per heavy atom. The van der Waals surface area contributed by atoms with Gasteiger partial charge in [0.25, 0.3) is 5.91 Å². The first-order valence-electron chi connectivity index (χ1n) is 9.88.